The van der Waals surface area contributed by atoms with Gasteiger partial charge in [-0.1, -0.05) is 23.7 Å². The zero-order chi connectivity index (χ0) is 13.8. The van der Waals surface area contributed by atoms with E-state index >= 15 is 0 Å². The van der Waals surface area contributed by atoms with Gasteiger partial charge in [-0.15, -0.1) is 25.6 Å². The minimum absolute atomic E-state index is 0. The van der Waals surface area contributed by atoms with Crippen molar-refractivity contribution >= 4 is 22.6 Å². The van der Waals surface area contributed by atoms with Gasteiger partial charge in [-0.2, -0.15) is 0 Å². The van der Waals surface area contributed by atoms with E-state index in [-0.39, 0.29) is 36.5 Å². The van der Waals surface area contributed by atoms with Crippen molar-refractivity contribution in [2.75, 3.05) is 39.5 Å². The summed E-state index contributed by atoms with van der Waals surface area (Å²) in [4.78, 5) is 1.60. The maximum atomic E-state index is 10.4. The van der Waals surface area contributed by atoms with Crippen molar-refractivity contribution < 1.29 is 20.4 Å². The Balaban J connectivity index is 0. The van der Waals surface area contributed by atoms with Gasteiger partial charge in [0.05, 0.1) is 0 Å². The van der Waals surface area contributed by atoms with Crippen LogP contribution in [0.5, 0.6) is 5.75 Å². The molecule has 0 bridgehead atoms. The van der Waals surface area contributed by atoms with Gasteiger partial charge in [0.2, 0.25) is 0 Å². The Morgan fingerprint density at radius 2 is 1.21 bits per heavy atom. The summed E-state index contributed by atoms with van der Waals surface area (Å²) in [5, 5.41) is 41.1. The molecular weight excluding hydrogens is 286 g/mol. The quantitative estimate of drug-likeness (QED) is 0.537. The van der Waals surface area contributed by atoms with Crippen molar-refractivity contribution in [2.24, 2.45) is 0 Å². The number of hydrogen-bond donors (Lipinski definition) is 0. The van der Waals surface area contributed by atoms with E-state index in [4.69, 9.17) is 11.6 Å². The minimum Gasteiger partial charge on any atom is -0.872 e. The summed E-state index contributed by atoms with van der Waals surface area (Å²) < 4.78 is 0. The van der Waals surface area contributed by atoms with Gasteiger partial charge in [-0.25, -0.2) is 0 Å². The SMILES string of the molecule is [O-]CCN(CC[O-])CC[O-].[O-]c1ccc(Cl)cc1.[Si+4]. The molecule has 0 fully saturated rings. The second-order valence-electron chi connectivity index (χ2n) is 3.41. The standard InChI is InChI=1S/C6H5ClO.C6H12NO3.Si/c7-5-1-3-6(8)4-2-5;8-4-1-7(2-5-9)3-6-10;/h1-4,8H;1-6H2;/q;-3;+4/p-1. The molecule has 0 radical (unpaired) electrons. The Morgan fingerprint density at radius 1 is 0.842 bits per heavy atom. The van der Waals surface area contributed by atoms with Crippen LogP contribution in [-0.4, -0.2) is 55.3 Å². The maximum absolute atomic E-state index is 10.4. The fourth-order valence-electron chi connectivity index (χ4n) is 1.16. The summed E-state index contributed by atoms with van der Waals surface area (Å²) in [6.45, 7) is 0.263. The average molecular weight is 302 g/mol. The fourth-order valence-corrected chi connectivity index (χ4v) is 1.28. The van der Waals surface area contributed by atoms with Crippen molar-refractivity contribution in [1.82, 2.24) is 4.90 Å². The van der Waals surface area contributed by atoms with Crippen LogP contribution < -0.4 is 20.4 Å². The fraction of sp³-hybridized carbons (Fsp3) is 0.500. The number of benzene rings is 1. The Bertz CT molecular complexity index is 265. The predicted molar refractivity (Wildman–Crippen MR) is 67.7 cm³/mol. The molecule has 104 valence electrons. The van der Waals surface area contributed by atoms with Gasteiger partial charge in [0.15, 0.2) is 0 Å². The molecule has 7 heteroatoms. The summed E-state index contributed by atoms with van der Waals surface area (Å²) in [5.41, 5.74) is 0. The first-order chi connectivity index (χ1) is 8.63. The third kappa shape index (κ3) is 12.2. The number of rotatable bonds is 6. The zero-order valence-corrected chi connectivity index (χ0v) is 12.3. The Hall–Kier alpha value is -0.633. The number of hydrogen-bond acceptors (Lipinski definition) is 5. The Kier molecular flexibility index (Phi) is 15.0. The van der Waals surface area contributed by atoms with E-state index in [9.17, 15) is 20.4 Å². The van der Waals surface area contributed by atoms with Crippen LogP contribution in [0.2, 0.25) is 5.02 Å². The second kappa shape index (κ2) is 13.8. The van der Waals surface area contributed by atoms with Gasteiger partial charge in [0, 0.05) is 5.02 Å². The van der Waals surface area contributed by atoms with Crippen molar-refractivity contribution in [3.63, 3.8) is 0 Å². The van der Waals surface area contributed by atoms with Crippen molar-refractivity contribution in [2.45, 2.75) is 0 Å². The predicted octanol–water partition coefficient (Wildman–Crippen LogP) is -2.60. The Labute approximate surface area is 123 Å². The smallest absolute Gasteiger partial charge is 0.872 e. The van der Waals surface area contributed by atoms with Gasteiger partial charge >= 0.3 is 11.0 Å². The van der Waals surface area contributed by atoms with Crippen LogP contribution in [0.15, 0.2) is 24.3 Å². The largest absolute Gasteiger partial charge is 4.00 e. The molecule has 0 aliphatic carbocycles. The van der Waals surface area contributed by atoms with Crippen LogP contribution in [0.4, 0.5) is 0 Å². The normalized spacial score (nSPS) is 9.53. The molecule has 0 aliphatic heterocycles. The summed E-state index contributed by atoms with van der Waals surface area (Å²) in [7, 11) is 0. The van der Waals surface area contributed by atoms with Gasteiger partial charge in [-0.3, -0.25) is 0 Å². The van der Waals surface area contributed by atoms with Crippen LogP contribution in [-0.2, 0) is 0 Å². The van der Waals surface area contributed by atoms with Gasteiger partial charge < -0.3 is 25.3 Å². The van der Waals surface area contributed by atoms with Crippen molar-refractivity contribution in [3.8, 4) is 5.75 Å². The molecule has 0 atom stereocenters. The summed E-state index contributed by atoms with van der Waals surface area (Å²) in [6, 6.07) is 6.01. The van der Waals surface area contributed by atoms with E-state index in [1.54, 1.807) is 17.0 Å². The van der Waals surface area contributed by atoms with Gasteiger partial charge in [0.25, 0.3) is 0 Å². The molecule has 5 nitrogen and oxygen atoms in total. The molecule has 0 aromatic heterocycles. The van der Waals surface area contributed by atoms with E-state index in [0.29, 0.717) is 24.7 Å². The molecule has 0 spiro atoms. The van der Waals surface area contributed by atoms with Crippen LogP contribution in [0.3, 0.4) is 0 Å². The van der Waals surface area contributed by atoms with E-state index in [2.05, 4.69) is 0 Å². The van der Waals surface area contributed by atoms with Crippen molar-refractivity contribution in [3.05, 3.63) is 29.3 Å². The Morgan fingerprint density at radius 3 is 1.47 bits per heavy atom. The second-order valence-corrected chi connectivity index (χ2v) is 3.84. The van der Waals surface area contributed by atoms with Crippen LogP contribution in [0.25, 0.3) is 0 Å². The summed E-state index contributed by atoms with van der Waals surface area (Å²) >= 11 is 5.47. The zero-order valence-electron chi connectivity index (χ0n) is 10.5. The van der Waals surface area contributed by atoms with Crippen molar-refractivity contribution in [1.29, 1.82) is 0 Å². The maximum Gasteiger partial charge on any atom is 4.00 e. The van der Waals surface area contributed by atoms with Gasteiger partial charge in [-0.05, 0) is 31.8 Å². The molecule has 0 heterocycles. The molecule has 0 aliphatic rings. The van der Waals surface area contributed by atoms with E-state index in [0.717, 1.165) is 0 Å². The first-order valence-corrected chi connectivity index (χ1v) is 5.91. The molecule has 1 rings (SSSR count). The molecule has 1 aromatic rings. The minimum atomic E-state index is -0.236. The van der Waals surface area contributed by atoms with E-state index in [1.165, 1.54) is 12.1 Å². The van der Waals surface area contributed by atoms with Crippen LogP contribution in [0, 0.1) is 0 Å². The van der Waals surface area contributed by atoms with E-state index < -0.39 is 0 Å². The molecule has 0 unspecified atom stereocenters. The topological polar surface area (TPSA) is 95.5 Å². The van der Waals surface area contributed by atoms with Crippen LogP contribution in [0.1, 0.15) is 0 Å². The number of halogens is 1. The third-order valence-corrected chi connectivity index (χ3v) is 2.29. The monoisotopic (exact) mass is 301 g/mol. The molecular formula is C12H16ClNO4Si. The molecule has 0 amide bonds. The first-order valence-electron chi connectivity index (χ1n) is 5.53. The van der Waals surface area contributed by atoms with E-state index in [1.807, 2.05) is 0 Å². The molecule has 19 heavy (non-hydrogen) atoms. The summed E-state index contributed by atoms with van der Waals surface area (Å²) in [6.07, 6.45) is 0. The van der Waals surface area contributed by atoms with Gasteiger partial charge in [0.1, 0.15) is 0 Å². The summed E-state index contributed by atoms with van der Waals surface area (Å²) in [5.74, 6) is -0.00519. The molecule has 0 saturated heterocycles. The molecule has 0 N–H and O–H groups in total. The first kappa shape index (κ1) is 20.7. The molecule has 0 saturated carbocycles. The number of nitrogens with zero attached hydrogens (tertiary/aromatic N) is 1. The average Bonchev–Trinajstić information content (AvgIpc) is 2.35. The third-order valence-electron chi connectivity index (χ3n) is 2.04. The van der Waals surface area contributed by atoms with Crippen LogP contribution >= 0.6 is 11.6 Å². The molecule has 1 aromatic carbocycles.